The van der Waals surface area contributed by atoms with Gasteiger partial charge in [0.2, 0.25) is 0 Å². The highest BCUT2D eigenvalue weighted by atomic mass is 35.5. The average Bonchev–Trinajstić information content (AvgIpc) is 2.70. The SMILES string of the molecule is CC1(C)Cc2cc(C(Cl)c3c(F)cccc3F)ccc2O1. The van der Waals surface area contributed by atoms with Crippen molar-refractivity contribution in [1.29, 1.82) is 0 Å². The first kappa shape index (κ1) is 14.3. The number of hydrogen-bond donors (Lipinski definition) is 0. The summed E-state index contributed by atoms with van der Waals surface area (Å²) in [4.78, 5) is 0. The lowest BCUT2D eigenvalue weighted by Crippen LogP contribution is -2.24. The molecule has 110 valence electrons. The number of hydrogen-bond acceptors (Lipinski definition) is 1. The summed E-state index contributed by atoms with van der Waals surface area (Å²) in [6.07, 6.45) is 0.750. The molecule has 0 amide bonds. The maximum atomic E-state index is 13.8. The van der Waals surface area contributed by atoms with Gasteiger partial charge >= 0.3 is 0 Å². The van der Waals surface area contributed by atoms with Gasteiger partial charge in [-0.25, -0.2) is 8.78 Å². The van der Waals surface area contributed by atoms with E-state index in [2.05, 4.69) is 0 Å². The van der Waals surface area contributed by atoms with Crippen LogP contribution in [0.15, 0.2) is 36.4 Å². The van der Waals surface area contributed by atoms with Gasteiger partial charge in [0.25, 0.3) is 0 Å². The fourth-order valence-corrected chi connectivity index (χ4v) is 3.05. The number of alkyl halides is 1. The molecule has 0 bridgehead atoms. The first-order chi connectivity index (χ1) is 9.87. The molecule has 1 nitrogen and oxygen atoms in total. The van der Waals surface area contributed by atoms with Crippen molar-refractivity contribution in [3.8, 4) is 5.75 Å². The van der Waals surface area contributed by atoms with Crippen molar-refractivity contribution in [2.24, 2.45) is 0 Å². The van der Waals surface area contributed by atoms with Crippen molar-refractivity contribution in [3.05, 3.63) is 64.7 Å². The Balaban J connectivity index is 1.99. The van der Waals surface area contributed by atoms with Crippen LogP contribution in [0.4, 0.5) is 8.78 Å². The summed E-state index contributed by atoms with van der Waals surface area (Å²) in [5, 5.41) is -0.861. The Labute approximate surface area is 127 Å². The molecule has 0 aliphatic carbocycles. The molecule has 1 unspecified atom stereocenters. The molecule has 1 atom stereocenters. The Hall–Kier alpha value is -1.61. The maximum absolute atomic E-state index is 13.8. The van der Waals surface area contributed by atoms with Gasteiger partial charge in [-0.1, -0.05) is 18.2 Å². The summed E-state index contributed by atoms with van der Waals surface area (Å²) < 4.78 is 33.5. The zero-order valence-corrected chi connectivity index (χ0v) is 12.5. The van der Waals surface area contributed by atoms with Gasteiger partial charge in [-0.15, -0.1) is 11.6 Å². The zero-order valence-electron chi connectivity index (χ0n) is 11.8. The quantitative estimate of drug-likeness (QED) is 0.709. The summed E-state index contributed by atoms with van der Waals surface area (Å²) in [5.41, 5.74) is 1.31. The topological polar surface area (TPSA) is 9.23 Å². The second kappa shape index (κ2) is 4.99. The predicted molar refractivity (Wildman–Crippen MR) is 78.9 cm³/mol. The van der Waals surface area contributed by atoms with E-state index in [0.29, 0.717) is 5.56 Å². The van der Waals surface area contributed by atoms with Gasteiger partial charge in [0.15, 0.2) is 0 Å². The van der Waals surface area contributed by atoms with Gasteiger partial charge in [0.05, 0.1) is 5.38 Å². The first-order valence-corrected chi connectivity index (χ1v) is 7.21. The number of rotatable bonds is 2. The minimum atomic E-state index is -0.861. The first-order valence-electron chi connectivity index (χ1n) is 6.77. The van der Waals surface area contributed by atoms with Gasteiger partial charge in [-0.2, -0.15) is 0 Å². The Morgan fingerprint density at radius 1 is 1.14 bits per heavy atom. The van der Waals surface area contributed by atoms with Crippen LogP contribution in [0.2, 0.25) is 0 Å². The van der Waals surface area contributed by atoms with E-state index in [0.717, 1.165) is 17.7 Å². The fourth-order valence-electron chi connectivity index (χ4n) is 2.71. The molecule has 0 spiro atoms. The highest BCUT2D eigenvalue weighted by Crippen LogP contribution is 2.39. The van der Waals surface area contributed by atoms with Crippen LogP contribution in [-0.4, -0.2) is 5.60 Å². The smallest absolute Gasteiger partial charge is 0.131 e. The normalized spacial score (nSPS) is 17.2. The molecule has 2 aromatic rings. The summed E-state index contributed by atoms with van der Waals surface area (Å²) in [6.45, 7) is 4.00. The fraction of sp³-hybridized carbons (Fsp3) is 0.294. The van der Waals surface area contributed by atoms with Crippen molar-refractivity contribution in [2.75, 3.05) is 0 Å². The third kappa shape index (κ3) is 2.62. The van der Waals surface area contributed by atoms with E-state index >= 15 is 0 Å². The average molecular weight is 309 g/mol. The van der Waals surface area contributed by atoms with Crippen LogP contribution in [0, 0.1) is 11.6 Å². The number of ether oxygens (including phenoxy) is 1. The Morgan fingerprint density at radius 3 is 2.48 bits per heavy atom. The molecule has 1 aliphatic heterocycles. The number of halogens is 3. The molecule has 1 aliphatic rings. The van der Waals surface area contributed by atoms with Crippen LogP contribution in [0.25, 0.3) is 0 Å². The summed E-state index contributed by atoms with van der Waals surface area (Å²) in [6, 6.07) is 9.20. The third-order valence-electron chi connectivity index (χ3n) is 3.63. The van der Waals surface area contributed by atoms with Crippen LogP contribution in [-0.2, 0) is 6.42 Å². The van der Waals surface area contributed by atoms with Crippen molar-refractivity contribution in [2.45, 2.75) is 31.2 Å². The van der Waals surface area contributed by atoms with E-state index in [4.69, 9.17) is 16.3 Å². The highest BCUT2D eigenvalue weighted by Gasteiger charge is 2.31. The molecule has 21 heavy (non-hydrogen) atoms. The van der Waals surface area contributed by atoms with Gasteiger partial charge in [-0.05, 0) is 43.2 Å². The Bertz CT molecular complexity index is 677. The molecular weight excluding hydrogens is 294 g/mol. The minimum Gasteiger partial charge on any atom is -0.487 e. The van der Waals surface area contributed by atoms with Crippen molar-refractivity contribution in [1.82, 2.24) is 0 Å². The Kier molecular flexibility index (Phi) is 3.40. The van der Waals surface area contributed by atoms with Crippen LogP contribution in [0.5, 0.6) is 5.75 Å². The molecule has 0 N–H and O–H groups in total. The van der Waals surface area contributed by atoms with E-state index in [9.17, 15) is 8.78 Å². The lowest BCUT2D eigenvalue weighted by Gasteiger charge is -2.16. The van der Waals surface area contributed by atoms with E-state index in [1.54, 1.807) is 6.07 Å². The zero-order chi connectivity index (χ0) is 15.2. The van der Waals surface area contributed by atoms with Gasteiger partial charge in [0.1, 0.15) is 23.0 Å². The molecule has 0 fully saturated rings. The molecule has 0 aromatic heterocycles. The monoisotopic (exact) mass is 308 g/mol. The van der Waals surface area contributed by atoms with Gasteiger partial charge < -0.3 is 4.74 Å². The molecule has 1 heterocycles. The molecule has 2 aromatic carbocycles. The van der Waals surface area contributed by atoms with Crippen molar-refractivity contribution < 1.29 is 13.5 Å². The molecular formula is C17H15ClF2O. The van der Waals surface area contributed by atoms with E-state index in [1.807, 2.05) is 26.0 Å². The van der Waals surface area contributed by atoms with Crippen LogP contribution >= 0.6 is 11.6 Å². The molecule has 3 rings (SSSR count). The van der Waals surface area contributed by atoms with Crippen LogP contribution < -0.4 is 4.74 Å². The predicted octanol–water partition coefficient (Wildman–Crippen LogP) is 5.01. The van der Waals surface area contributed by atoms with Crippen molar-refractivity contribution in [3.63, 3.8) is 0 Å². The second-order valence-electron chi connectivity index (χ2n) is 5.90. The molecule has 0 radical (unpaired) electrons. The maximum Gasteiger partial charge on any atom is 0.131 e. The Morgan fingerprint density at radius 2 is 1.81 bits per heavy atom. The molecule has 0 saturated heterocycles. The van der Waals surface area contributed by atoms with Crippen LogP contribution in [0.1, 0.15) is 35.9 Å². The summed E-state index contributed by atoms with van der Waals surface area (Å²) in [5.74, 6) is -0.458. The summed E-state index contributed by atoms with van der Waals surface area (Å²) in [7, 11) is 0. The molecule has 0 saturated carbocycles. The lowest BCUT2D eigenvalue weighted by atomic mass is 9.97. The van der Waals surface area contributed by atoms with Crippen molar-refractivity contribution >= 4 is 11.6 Å². The van der Waals surface area contributed by atoms with E-state index < -0.39 is 17.0 Å². The number of benzene rings is 2. The standard InChI is InChI=1S/C17H15ClF2O/c1-17(2)9-11-8-10(6-7-14(11)21-17)16(18)15-12(19)4-3-5-13(15)20/h3-8,16H,9H2,1-2H3. The summed E-state index contributed by atoms with van der Waals surface area (Å²) >= 11 is 6.29. The lowest BCUT2D eigenvalue weighted by molar-refractivity contribution is 0.138. The third-order valence-corrected chi connectivity index (χ3v) is 4.10. The van der Waals surface area contributed by atoms with Crippen LogP contribution in [0.3, 0.4) is 0 Å². The molecule has 4 heteroatoms. The van der Waals surface area contributed by atoms with Gasteiger partial charge in [-0.3, -0.25) is 0 Å². The second-order valence-corrected chi connectivity index (χ2v) is 6.34. The minimum absolute atomic E-state index is 0.114. The van der Waals surface area contributed by atoms with E-state index in [1.165, 1.54) is 18.2 Å². The number of fused-ring (bicyclic) bond motifs is 1. The largest absolute Gasteiger partial charge is 0.487 e. The highest BCUT2D eigenvalue weighted by molar-refractivity contribution is 6.22. The van der Waals surface area contributed by atoms with Gasteiger partial charge in [0, 0.05) is 12.0 Å². The van der Waals surface area contributed by atoms with E-state index in [-0.39, 0.29) is 11.2 Å².